The van der Waals surface area contributed by atoms with Crippen LogP contribution in [0, 0.1) is 46.7 Å². The van der Waals surface area contributed by atoms with Gasteiger partial charge in [0.15, 0.2) is 11.9 Å². The van der Waals surface area contributed by atoms with Gasteiger partial charge in [-0.1, -0.05) is 0 Å². The van der Waals surface area contributed by atoms with Crippen LogP contribution in [0.1, 0.15) is 33.6 Å². The van der Waals surface area contributed by atoms with E-state index < -0.39 is 0 Å². The lowest BCUT2D eigenvalue weighted by Gasteiger charge is -2.10. The average molecular weight is 318 g/mol. The van der Waals surface area contributed by atoms with Gasteiger partial charge in [0.25, 0.3) is 0 Å². The molecule has 0 atom stereocenters. The van der Waals surface area contributed by atoms with Crippen LogP contribution in [0.2, 0.25) is 0 Å². The van der Waals surface area contributed by atoms with E-state index in [1.165, 1.54) is 6.20 Å². The molecule has 0 bridgehead atoms. The van der Waals surface area contributed by atoms with Gasteiger partial charge >= 0.3 is 0 Å². The number of rotatable bonds is 2. The van der Waals surface area contributed by atoms with Gasteiger partial charge < -0.3 is 14.7 Å². The van der Waals surface area contributed by atoms with Crippen LogP contribution in [0.5, 0.6) is 11.5 Å². The normalized spacial score (nSPS) is 9.91. The van der Waals surface area contributed by atoms with Crippen molar-refractivity contribution in [3.63, 3.8) is 0 Å². The molecule has 2 rings (SSSR count). The predicted molar refractivity (Wildman–Crippen MR) is 91.2 cm³/mol. The van der Waals surface area contributed by atoms with Crippen LogP contribution in [-0.2, 0) is 0 Å². The third kappa shape index (κ3) is 4.12. The molecule has 0 aromatic carbocycles. The Kier molecular flexibility index (Phi) is 6.37. The fourth-order valence-corrected chi connectivity index (χ4v) is 2.39. The molecule has 2 heterocycles. The molecule has 2 aromatic heterocycles. The monoisotopic (exact) mass is 318 g/mol. The van der Waals surface area contributed by atoms with Crippen molar-refractivity contribution < 1.29 is 14.2 Å². The van der Waals surface area contributed by atoms with E-state index in [2.05, 4.69) is 4.98 Å². The number of methoxy groups -OCH3 is 2. The van der Waals surface area contributed by atoms with Crippen molar-refractivity contribution in [1.82, 2.24) is 4.98 Å². The van der Waals surface area contributed by atoms with E-state index in [9.17, 15) is 5.21 Å². The molecule has 0 unspecified atom stereocenters. The van der Waals surface area contributed by atoms with E-state index >= 15 is 0 Å². The highest BCUT2D eigenvalue weighted by atomic mass is 16.5. The van der Waals surface area contributed by atoms with Crippen molar-refractivity contribution in [3.8, 4) is 11.5 Å². The largest absolute Gasteiger partial charge is 0.618 e. The van der Waals surface area contributed by atoms with Gasteiger partial charge in [-0.15, -0.1) is 0 Å². The lowest BCUT2D eigenvalue weighted by Crippen LogP contribution is -2.31. The minimum Gasteiger partial charge on any atom is -0.618 e. The summed E-state index contributed by atoms with van der Waals surface area (Å²) in [4.78, 5) is 4.21. The molecule has 0 saturated heterocycles. The lowest BCUT2D eigenvalue weighted by molar-refractivity contribution is -0.613. The van der Waals surface area contributed by atoms with Crippen molar-refractivity contribution in [3.05, 3.63) is 51.2 Å². The molecule has 0 fully saturated rings. The molecule has 0 radical (unpaired) electrons. The van der Waals surface area contributed by atoms with Gasteiger partial charge in [0.2, 0.25) is 0 Å². The van der Waals surface area contributed by atoms with E-state index in [4.69, 9.17) is 9.47 Å². The highest BCUT2D eigenvalue weighted by Crippen LogP contribution is 2.23. The predicted octanol–water partition coefficient (Wildman–Crippen LogP) is 3.27. The van der Waals surface area contributed by atoms with Crippen LogP contribution in [-0.4, -0.2) is 19.2 Å². The van der Waals surface area contributed by atoms with Crippen LogP contribution in [0.25, 0.3) is 0 Å². The van der Waals surface area contributed by atoms with Crippen molar-refractivity contribution in [2.45, 2.75) is 41.5 Å². The molecule has 5 nitrogen and oxygen atoms in total. The summed E-state index contributed by atoms with van der Waals surface area (Å²) in [5, 5.41) is 11.2. The summed E-state index contributed by atoms with van der Waals surface area (Å²) < 4.78 is 11.2. The third-order valence-corrected chi connectivity index (χ3v) is 3.98. The average Bonchev–Trinajstić information content (AvgIpc) is 2.51. The molecule has 2 aromatic rings. The van der Waals surface area contributed by atoms with Crippen LogP contribution in [0.3, 0.4) is 0 Å². The second-order valence-corrected chi connectivity index (χ2v) is 5.57. The minimum atomic E-state index is 0.692. The van der Waals surface area contributed by atoms with Gasteiger partial charge in [0, 0.05) is 29.9 Å². The maximum Gasteiger partial charge on any atom is 0.196 e. The zero-order valence-electron chi connectivity index (χ0n) is 15.3. The smallest absolute Gasteiger partial charge is 0.196 e. The van der Waals surface area contributed by atoms with Crippen LogP contribution in [0.4, 0.5) is 0 Å². The molecule has 0 aliphatic rings. The Morgan fingerprint density at radius 1 is 0.870 bits per heavy atom. The summed E-state index contributed by atoms with van der Waals surface area (Å²) in [6.45, 7) is 11.5. The number of aryl methyl sites for hydroxylation is 3. The van der Waals surface area contributed by atoms with Crippen LogP contribution < -0.4 is 14.2 Å². The van der Waals surface area contributed by atoms with Gasteiger partial charge in [-0.05, 0) is 34.6 Å². The van der Waals surface area contributed by atoms with Gasteiger partial charge in [0.05, 0.1) is 25.3 Å². The molecule has 0 amide bonds. The van der Waals surface area contributed by atoms with E-state index in [1.54, 1.807) is 21.1 Å². The Hall–Kier alpha value is -2.30. The van der Waals surface area contributed by atoms with Crippen LogP contribution in [0.15, 0.2) is 12.4 Å². The standard InChI is InChI=1S/C9H13NO2.C9H13NO/c1-6-5-10(11)8(3)7(2)9(6)12-4;1-6-5-10-8(3)7(2)9(6)11-4/h5H,1-4H3;5H,1-4H3. The summed E-state index contributed by atoms with van der Waals surface area (Å²) >= 11 is 0. The first-order valence-electron chi connectivity index (χ1n) is 7.45. The van der Waals surface area contributed by atoms with Gasteiger partial charge in [-0.3, -0.25) is 4.98 Å². The molecular formula is C18H26N2O3. The molecule has 5 heteroatoms. The number of nitrogens with zero attached hydrogens (tertiary/aromatic N) is 2. The maximum absolute atomic E-state index is 11.2. The van der Waals surface area contributed by atoms with Crippen molar-refractivity contribution in [2.24, 2.45) is 0 Å². The summed E-state index contributed by atoms with van der Waals surface area (Å²) in [5.41, 5.74) is 5.73. The molecule has 23 heavy (non-hydrogen) atoms. The topological polar surface area (TPSA) is 58.3 Å². The van der Waals surface area contributed by atoms with E-state index in [0.717, 1.165) is 44.2 Å². The molecule has 0 N–H and O–H groups in total. The molecule has 126 valence electrons. The summed E-state index contributed by atoms with van der Waals surface area (Å²) in [5.74, 6) is 1.76. The number of aromatic nitrogens is 2. The third-order valence-electron chi connectivity index (χ3n) is 3.98. The number of pyridine rings is 2. The number of hydrogen-bond acceptors (Lipinski definition) is 4. The Bertz CT molecular complexity index is 697. The number of hydrogen-bond donors (Lipinski definition) is 0. The summed E-state index contributed by atoms with van der Waals surface area (Å²) in [6, 6.07) is 0. The Morgan fingerprint density at radius 3 is 1.87 bits per heavy atom. The fraction of sp³-hybridized carbons (Fsp3) is 0.444. The summed E-state index contributed by atoms with van der Waals surface area (Å²) in [7, 11) is 3.30. The molecule has 0 spiro atoms. The van der Waals surface area contributed by atoms with E-state index in [0.29, 0.717) is 5.69 Å². The Morgan fingerprint density at radius 2 is 1.39 bits per heavy atom. The number of ether oxygens (including phenoxy) is 2. The first-order valence-corrected chi connectivity index (χ1v) is 7.45. The zero-order valence-corrected chi connectivity index (χ0v) is 15.3. The molecular weight excluding hydrogens is 292 g/mol. The van der Waals surface area contributed by atoms with Crippen LogP contribution >= 0.6 is 0 Å². The molecule has 0 saturated carbocycles. The van der Waals surface area contributed by atoms with Gasteiger partial charge in [-0.25, -0.2) is 0 Å². The van der Waals surface area contributed by atoms with Crippen molar-refractivity contribution in [2.75, 3.05) is 14.2 Å². The maximum atomic E-state index is 11.2. The first-order chi connectivity index (χ1) is 10.7. The van der Waals surface area contributed by atoms with Gasteiger partial charge in [0.1, 0.15) is 11.5 Å². The van der Waals surface area contributed by atoms with Gasteiger partial charge in [-0.2, -0.15) is 4.73 Å². The Balaban J connectivity index is 0.000000231. The summed E-state index contributed by atoms with van der Waals surface area (Å²) in [6.07, 6.45) is 3.36. The molecule has 0 aliphatic heterocycles. The van der Waals surface area contributed by atoms with E-state index in [1.807, 2.05) is 40.8 Å². The zero-order chi connectivity index (χ0) is 17.7. The van der Waals surface area contributed by atoms with Crippen molar-refractivity contribution >= 4 is 0 Å². The highest BCUT2D eigenvalue weighted by Gasteiger charge is 2.12. The quantitative estimate of drug-likeness (QED) is 0.630. The lowest BCUT2D eigenvalue weighted by atomic mass is 10.1. The first kappa shape index (κ1) is 18.7. The molecule has 0 aliphatic carbocycles. The SMILES string of the molecule is COc1c(C)c[n+]([O-])c(C)c1C.COc1c(C)cnc(C)c1C. The highest BCUT2D eigenvalue weighted by molar-refractivity contribution is 5.40. The Labute approximate surface area is 138 Å². The van der Waals surface area contributed by atoms with E-state index in [-0.39, 0.29) is 0 Å². The van der Waals surface area contributed by atoms with Crippen molar-refractivity contribution in [1.29, 1.82) is 0 Å². The second kappa shape index (κ2) is 7.81. The minimum absolute atomic E-state index is 0.692. The second-order valence-electron chi connectivity index (χ2n) is 5.57. The fourth-order valence-electron chi connectivity index (χ4n) is 2.39.